The Balaban J connectivity index is 2.38. The van der Waals surface area contributed by atoms with Crippen LogP contribution in [0.4, 0.5) is 0 Å². The molecule has 0 aromatic carbocycles. The van der Waals surface area contributed by atoms with Crippen LogP contribution in [0.1, 0.15) is 20.3 Å². The number of hydrogen-bond donors (Lipinski definition) is 0. The number of carbonyl (C=O) groups excluding carboxylic acids is 1. The van der Waals surface area contributed by atoms with E-state index in [2.05, 4.69) is 10.8 Å². The Morgan fingerprint density at radius 2 is 2.18 bits per heavy atom. The standard InChI is InChI=1S/C9H14O2/c1-6(2)4-7-5-8(7)9(10)11-3/h4,7-8H,5H2,1-3H3/t7-,8-/m0/s1. The van der Waals surface area contributed by atoms with Crippen molar-refractivity contribution in [3.63, 3.8) is 0 Å². The molecular weight excluding hydrogens is 140 g/mol. The molecule has 0 aromatic rings. The summed E-state index contributed by atoms with van der Waals surface area (Å²) in [5, 5.41) is 0. The molecule has 0 aliphatic heterocycles. The van der Waals surface area contributed by atoms with Gasteiger partial charge in [-0.15, -0.1) is 0 Å². The highest BCUT2D eigenvalue weighted by Crippen LogP contribution is 2.41. The average molecular weight is 154 g/mol. The van der Waals surface area contributed by atoms with Crippen molar-refractivity contribution in [2.45, 2.75) is 20.3 Å². The highest BCUT2D eigenvalue weighted by Gasteiger charge is 2.42. The van der Waals surface area contributed by atoms with Crippen LogP contribution in [0.3, 0.4) is 0 Å². The van der Waals surface area contributed by atoms with Gasteiger partial charge in [0.05, 0.1) is 13.0 Å². The van der Waals surface area contributed by atoms with E-state index in [0.29, 0.717) is 5.92 Å². The Kier molecular flexibility index (Phi) is 2.32. The molecule has 62 valence electrons. The fourth-order valence-corrected chi connectivity index (χ4v) is 1.25. The lowest BCUT2D eigenvalue weighted by Gasteiger charge is -1.93. The van der Waals surface area contributed by atoms with Gasteiger partial charge in [-0.25, -0.2) is 0 Å². The average Bonchev–Trinajstić information content (AvgIpc) is 2.65. The molecule has 0 heterocycles. The summed E-state index contributed by atoms with van der Waals surface area (Å²) in [6.07, 6.45) is 3.11. The Bertz CT molecular complexity index is 190. The van der Waals surface area contributed by atoms with Crippen LogP contribution >= 0.6 is 0 Å². The molecule has 1 aliphatic carbocycles. The van der Waals surface area contributed by atoms with E-state index in [0.717, 1.165) is 6.42 Å². The van der Waals surface area contributed by atoms with E-state index in [9.17, 15) is 4.79 Å². The quantitative estimate of drug-likeness (QED) is 0.447. The summed E-state index contributed by atoms with van der Waals surface area (Å²) < 4.78 is 4.62. The smallest absolute Gasteiger partial charge is 0.309 e. The topological polar surface area (TPSA) is 26.3 Å². The molecule has 0 saturated heterocycles. The maximum Gasteiger partial charge on any atom is 0.309 e. The van der Waals surface area contributed by atoms with Crippen molar-refractivity contribution < 1.29 is 9.53 Å². The van der Waals surface area contributed by atoms with Gasteiger partial charge >= 0.3 is 5.97 Å². The number of hydrogen-bond acceptors (Lipinski definition) is 2. The number of allylic oxidation sites excluding steroid dienone is 2. The molecule has 0 aromatic heterocycles. The van der Waals surface area contributed by atoms with E-state index >= 15 is 0 Å². The summed E-state index contributed by atoms with van der Waals surface area (Å²) in [7, 11) is 1.44. The van der Waals surface area contributed by atoms with E-state index < -0.39 is 0 Å². The van der Waals surface area contributed by atoms with E-state index in [1.165, 1.54) is 12.7 Å². The van der Waals surface area contributed by atoms with Gasteiger partial charge in [0.1, 0.15) is 0 Å². The molecule has 0 N–H and O–H groups in total. The number of methoxy groups -OCH3 is 1. The lowest BCUT2D eigenvalue weighted by molar-refractivity contribution is -0.142. The van der Waals surface area contributed by atoms with Gasteiger partial charge in [-0.2, -0.15) is 0 Å². The van der Waals surface area contributed by atoms with Crippen LogP contribution in [-0.4, -0.2) is 13.1 Å². The molecule has 1 rings (SSSR count). The van der Waals surface area contributed by atoms with Crippen LogP contribution in [0, 0.1) is 11.8 Å². The molecule has 0 unspecified atom stereocenters. The van der Waals surface area contributed by atoms with Crippen molar-refractivity contribution in [1.29, 1.82) is 0 Å². The predicted octanol–water partition coefficient (Wildman–Crippen LogP) is 1.76. The molecule has 1 saturated carbocycles. The lowest BCUT2D eigenvalue weighted by atomic mass is 10.2. The largest absolute Gasteiger partial charge is 0.469 e. The second-order valence-electron chi connectivity index (χ2n) is 3.27. The third-order valence-corrected chi connectivity index (χ3v) is 1.89. The highest BCUT2D eigenvalue weighted by molar-refractivity contribution is 5.76. The van der Waals surface area contributed by atoms with Crippen molar-refractivity contribution in [2.24, 2.45) is 11.8 Å². The van der Waals surface area contributed by atoms with Crippen molar-refractivity contribution in [1.82, 2.24) is 0 Å². The number of ether oxygens (including phenoxy) is 1. The Morgan fingerprint density at radius 3 is 2.64 bits per heavy atom. The summed E-state index contributed by atoms with van der Waals surface area (Å²) in [5.41, 5.74) is 1.28. The van der Waals surface area contributed by atoms with Gasteiger partial charge in [0, 0.05) is 0 Å². The fourth-order valence-electron chi connectivity index (χ4n) is 1.25. The van der Waals surface area contributed by atoms with Gasteiger partial charge in [-0.1, -0.05) is 11.6 Å². The van der Waals surface area contributed by atoms with Gasteiger partial charge in [0.15, 0.2) is 0 Å². The van der Waals surface area contributed by atoms with Crippen molar-refractivity contribution >= 4 is 5.97 Å². The molecule has 0 radical (unpaired) electrons. The Morgan fingerprint density at radius 1 is 1.55 bits per heavy atom. The number of carbonyl (C=O) groups is 1. The third-order valence-electron chi connectivity index (χ3n) is 1.89. The second kappa shape index (κ2) is 3.07. The molecule has 2 nitrogen and oxygen atoms in total. The van der Waals surface area contributed by atoms with Crippen molar-refractivity contribution in [3.8, 4) is 0 Å². The molecule has 0 bridgehead atoms. The molecule has 1 aliphatic rings. The maximum atomic E-state index is 10.9. The second-order valence-corrected chi connectivity index (χ2v) is 3.27. The summed E-state index contributed by atoms with van der Waals surface area (Å²) >= 11 is 0. The normalized spacial score (nSPS) is 27.5. The third kappa shape index (κ3) is 2.07. The first-order chi connectivity index (χ1) is 5.15. The Labute approximate surface area is 67.2 Å². The van der Waals surface area contributed by atoms with Gasteiger partial charge in [0.25, 0.3) is 0 Å². The predicted molar refractivity (Wildman–Crippen MR) is 43.0 cm³/mol. The first-order valence-corrected chi connectivity index (χ1v) is 3.88. The number of esters is 1. The van der Waals surface area contributed by atoms with Crippen molar-refractivity contribution in [2.75, 3.05) is 7.11 Å². The van der Waals surface area contributed by atoms with E-state index in [1.807, 2.05) is 13.8 Å². The summed E-state index contributed by atoms with van der Waals surface area (Å²) in [6.45, 7) is 4.10. The molecule has 2 heteroatoms. The first kappa shape index (κ1) is 8.31. The van der Waals surface area contributed by atoms with Crippen LogP contribution in [-0.2, 0) is 9.53 Å². The van der Waals surface area contributed by atoms with E-state index in [1.54, 1.807) is 0 Å². The van der Waals surface area contributed by atoms with E-state index in [4.69, 9.17) is 0 Å². The monoisotopic (exact) mass is 154 g/mol. The summed E-state index contributed by atoms with van der Waals surface area (Å²) in [5.74, 6) is 0.537. The number of rotatable bonds is 2. The highest BCUT2D eigenvalue weighted by atomic mass is 16.5. The Hall–Kier alpha value is -0.790. The zero-order valence-corrected chi connectivity index (χ0v) is 7.26. The maximum absolute atomic E-state index is 10.9. The molecule has 1 fully saturated rings. The zero-order chi connectivity index (χ0) is 8.43. The van der Waals surface area contributed by atoms with Gasteiger partial charge in [0.2, 0.25) is 0 Å². The van der Waals surface area contributed by atoms with Crippen LogP contribution in [0.5, 0.6) is 0 Å². The molecule has 2 atom stereocenters. The van der Waals surface area contributed by atoms with Crippen LogP contribution < -0.4 is 0 Å². The molecular formula is C9H14O2. The molecule has 11 heavy (non-hydrogen) atoms. The SMILES string of the molecule is COC(=O)[C@H]1C[C@@H]1C=C(C)C. The summed E-state index contributed by atoms with van der Waals surface area (Å²) in [4.78, 5) is 10.9. The van der Waals surface area contributed by atoms with Gasteiger partial charge < -0.3 is 4.74 Å². The minimum atomic E-state index is -0.0625. The van der Waals surface area contributed by atoms with Crippen LogP contribution in [0.15, 0.2) is 11.6 Å². The molecule has 0 spiro atoms. The van der Waals surface area contributed by atoms with Gasteiger partial charge in [-0.05, 0) is 26.2 Å². The lowest BCUT2D eigenvalue weighted by Crippen LogP contribution is -2.03. The summed E-state index contributed by atoms with van der Waals surface area (Å²) in [6, 6.07) is 0. The van der Waals surface area contributed by atoms with E-state index in [-0.39, 0.29) is 11.9 Å². The first-order valence-electron chi connectivity index (χ1n) is 3.88. The molecule has 0 amide bonds. The minimum Gasteiger partial charge on any atom is -0.469 e. The van der Waals surface area contributed by atoms with Gasteiger partial charge in [-0.3, -0.25) is 4.79 Å². The zero-order valence-electron chi connectivity index (χ0n) is 7.26. The van der Waals surface area contributed by atoms with Crippen LogP contribution in [0.25, 0.3) is 0 Å². The fraction of sp³-hybridized carbons (Fsp3) is 0.667. The minimum absolute atomic E-state index is 0.0625. The van der Waals surface area contributed by atoms with Crippen molar-refractivity contribution in [3.05, 3.63) is 11.6 Å². The van der Waals surface area contributed by atoms with Crippen LogP contribution in [0.2, 0.25) is 0 Å².